The summed E-state index contributed by atoms with van der Waals surface area (Å²) in [4.78, 5) is 24.3. The maximum absolute atomic E-state index is 12.7. The number of nitrogens with zero attached hydrogens (tertiary/aromatic N) is 4. The van der Waals surface area contributed by atoms with Crippen molar-refractivity contribution in [3.8, 4) is 0 Å². The first-order chi connectivity index (χ1) is 14.7. The lowest BCUT2D eigenvalue weighted by Crippen LogP contribution is -2.52. The molecule has 0 N–H and O–H groups in total. The molecule has 2 fully saturated rings. The van der Waals surface area contributed by atoms with Crippen molar-refractivity contribution in [1.82, 2.24) is 14.8 Å². The number of carbonyl (C=O) groups excluding carboxylic acids is 1. The molecule has 0 spiro atoms. The highest BCUT2D eigenvalue weighted by atomic mass is 35.5. The second kappa shape index (κ2) is 8.25. The predicted octanol–water partition coefficient (Wildman–Crippen LogP) is 3.92. The van der Waals surface area contributed by atoms with Crippen molar-refractivity contribution in [3.63, 3.8) is 0 Å². The van der Waals surface area contributed by atoms with Gasteiger partial charge in [0.15, 0.2) is 0 Å². The van der Waals surface area contributed by atoms with E-state index in [1.54, 1.807) is 12.1 Å². The summed E-state index contributed by atoms with van der Waals surface area (Å²) in [5, 5.41) is 3.11. The fourth-order valence-electron chi connectivity index (χ4n) is 4.65. The second-order valence-electron chi connectivity index (χ2n) is 8.08. The van der Waals surface area contributed by atoms with Crippen LogP contribution >= 0.6 is 11.6 Å². The van der Waals surface area contributed by atoms with Crippen molar-refractivity contribution in [2.75, 3.05) is 44.2 Å². The maximum atomic E-state index is 12.7. The number of carbonyl (C=O) groups is 1. The number of anilines is 1. The first kappa shape index (κ1) is 19.3. The Hall–Kier alpha value is -2.63. The lowest BCUT2D eigenvalue weighted by molar-refractivity contribution is 0.0585. The first-order valence-electron chi connectivity index (χ1n) is 10.6. The van der Waals surface area contributed by atoms with Gasteiger partial charge in [-0.1, -0.05) is 35.9 Å². The molecule has 154 valence electrons. The molecule has 0 bridgehead atoms. The van der Waals surface area contributed by atoms with E-state index in [2.05, 4.69) is 45.1 Å². The number of piperazine rings is 1. The molecule has 0 unspecified atom stereocenters. The number of benzene rings is 2. The van der Waals surface area contributed by atoms with Gasteiger partial charge in [0, 0.05) is 67.5 Å². The van der Waals surface area contributed by atoms with E-state index in [4.69, 9.17) is 11.6 Å². The molecule has 2 aliphatic rings. The first-order valence-corrected chi connectivity index (χ1v) is 10.9. The van der Waals surface area contributed by atoms with Crippen molar-refractivity contribution in [2.45, 2.75) is 12.5 Å². The van der Waals surface area contributed by atoms with E-state index >= 15 is 0 Å². The molecule has 30 heavy (non-hydrogen) atoms. The Balaban J connectivity index is 1.21. The largest absolute Gasteiger partial charge is 0.354 e. The Morgan fingerprint density at radius 2 is 1.70 bits per heavy atom. The van der Waals surface area contributed by atoms with Crippen molar-refractivity contribution in [1.29, 1.82) is 0 Å². The van der Waals surface area contributed by atoms with Crippen molar-refractivity contribution in [3.05, 3.63) is 71.4 Å². The average molecular weight is 421 g/mol. The Morgan fingerprint density at radius 1 is 0.933 bits per heavy atom. The normalized spacial score (nSPS) is 20.1. The van der Waals surface area contributed by atoms with Gasteiger partial charge in [-0.05, 0) is 42.1 Å². The number of aromatic nitrogens is 1. The lowest BCUT2D eigenvalue weighted by atomic mass is 10.1. The Labute approximate surface area is 181 Å². The molecule has 2 saturated heterocycles. The molecule has 3 heterocycles. The third-order valence-corrected chi connectivity index (χ3v) is 6.58. The molecule has 0 radical (unpaired) electrons. The van der Waals surface area contributed by atoms with Gasteiger partial charge in [0.1, 0.15) is 5.82 Å². The fraction of sp³-hybridized carbons (Fsp3) is 0.333. The van der Waals surface area contributed by atoms with E-state index in [1.165, 1.54) is 10.8 Å². The van der Waals surface area contributed by atoms with Gasteiger partial charge in [-0.15, -0.1) is 0 Å². The Morgan fingerprint density at radius 3 is 2.50 bits per heavy atom. The van der Waals surface area contributed by atoms with Crippen LogP contribution in [0.3, 0.4) is 0 Å². The zero-order chi connectivity index (χ0) is 20.5. The van der Waals surface area contributed by atoms with Crippen molar-refractivity contribution >= 4 is 34.1 Å². The molecule has 2 aliphatic heterocycles. The molecule has 0 saturated carbocycles. The quantitative estimate of drug-likeness (QED) is 0.643. The van der Waals surface area contributed by atoms with Crippen LogP contribution in [0.25, 0.3) is 10.8 Å². The van der Waals surface area contributed by atoms with Gasteiger partial charge in [0.25, 0.3) is 5.91 Å². The Bertz CT molecular complexity index is 1040. The fourth-order valence-corrected chi connectivity index (χ4v) is 4.78. The second-order valence-corrected chi connectivity index (χ2v) is 8.52. The van der Waals surface area contributed by atoms with E-state index in [0.29, 0.717) is 16.6 Å². The summed E-state index contributed by atoms with van der Waals surface area (Å²) in [6, 6.07) is 18.2. The standard InChI is InChI=1S/C24H25ClN4O/c25-20-7-5-19(6-8-20)24(30)28-15-13-27(14-16-28)21-10-12-29(17-21)23-22-4-2-1-3-18(22)9-11-26-23/h1-9,11,21H,10,12-17H2/t21-/m0/s1. The zero-order valence-corrected chi connectivity index (χ0v) is 17.6. The minimum Gasteiger partial charge on any atom is -0.354 e. The summed E-state index contributed by atoms with van der Waals surface area (Å²) >= 11 is 5.94. The summed E-state index contributed by atoms with van der Waals surface area (Å²) in [6.07, 6.45) is 3.04. The molecular formula is C24H25ClN4O. The molecule has 1 amide bonds. The highest BCUT2D eigenvalue weighted by molar-refractivity contribution is 6.30. The zero-order valence-electron chi connectivity index (χ0n) is 16.9. The highest BCUT2D eigenvalue weighted by Gasteiger charge is 2.32. The van der Waals surface area contributed by atoms with Crippen LogP contribution in [0, 0.1) is 0 Å². The van der Waals surface area contributed by atoms with Gasteiger partial charge >= 0.3 is 0 Å². The number of rotatable bonds is 3. The van der Waals surface area contributed by atoms with Gasteiger partial charge in [0.05, 0.1) is 0 Å². The van der Waals surface area contributed by atoms with Gasteiger partial charge in [0.2, 0.25) is 0 Å². The molecule has 1 atom stereocenters. The van der Waals surface area contributed by atoms with Crippen LogP contribution in [0.15, 0.2) is 60.8 Å². The molecule has 3 aromatic rings. The SMILES string of the molecule is O=C(c1ccc(Cl)cc1)N1CCN([C@H]2CCN(c3nccc4ccccc34)C2)CC1. The monoisotopic (exact) mass is 420 g/mol. The smallest absolute Gasteiger partial charge is 0.253 e. The van der Waals surface area contributed by atoms with Gasteiger partial charge < -0.3 is 9.80 Å². The Kier molecular flexibility index (Phi) is 5.32. The highest BCUT2D eigenvalue weighted by Crippen LogP contribution is 2.28. The van der Waals surface area contributed by atoms with E-state index in [9.17, 15) is 4.79 Å². The van der Waals surface area contributed by atoms with Crippen LogP contribution in [-0.2, 0) is 0 Å². The third-order valence-electron chi connectivity index (χ3n) is 6.32. The summed E-state index contributed by atoms with van der Waals surface area (Å²) in [6.45, 7) is 5.39. The third kappa shape index (κ3) is 3.75. The molecule has 6 heteroatoms. The molecule has 2 aromatic carbocycles. The van der Waals surface area contributed by atoms with Crippen LogP contribution in [0.5, 0.6) is 0 Å². The van der Waals surface area contributed by atoms with E-state index in [-0.39, 0.29) is 5.91 Å². The topological polar surface area (TPSA) is 39.7 Å². The number of amides is 1. The summed E-state index contributed by atoms with van der Waals surface area (Å²) < 4.78 is 0. The molecule has 5 nitrogen and oxygen atoms in total. The summed E-state index contributed by atoms with van der Waals surface area (Å²) in [5.74, 6) is 1.19. The van der Waals surface area contributed by atoms with Crippen LogP contribution in [0.4, 0.5) is 5.82 Å². The maximum Gasteiger partial charge on any atom is 0.253 e. The summed E-state index contributed by atoms with van der Waals surface area (Å²) in [7, 11) is 0. The predicted molar refractivity (Wildman–Crippen MR) is 121 cm³/mol. The van der Waals surface area contributed by atoms with Crippen LogP contribution < -0.4 is 4.90 Å². The van der Waals surface area contributed by atoms with Gasteiger partial charge in [-0.2, -0.15) is 0 Å². The minimum atomic E-state index is 0.0966. The molecular weight excluding hydrogens is 396 g/mol. The number of hydrogen-bond acceptors (Lipinski definition) is 4. The number of hydrogen-bond donors (Lipinski definition) is 0. The lowest BCUT2D eigenvalue weighted by Gasteiger charge is -2.38. The van der Waals surface area contributed by atoms with Crippen LogP contribution in [0.1, 0.15) is 16.8 Å². The average Bonchev–Trinajstić information content (AvgIpc) is 3.29. The number of halogens is 1. The molecule has 0 aliphatic carbocycles. The van der Waals surface area contributed by atoms with E-state index in [1.807, 2.05) is 23.2 Å². The number of fused-ring (bicyclic) bond motifs is 1. The van der Waals surface area contributed by atoms with E-state index < -0.39 is 0 Å². The van der Waals surface area contributed by atoms with Gasteiger partial charge in [-0.3, -0.25) is 9.69 Å². The minimum absolute atomic E-state index is 0.0966. The van der Waals surface area contributed by atoms with Crippen molar-refractivity contribution in [2.24, 2.45) is 0 Å². The number of pyridine rings is 1. The summed E-state index contributed by atoms with van der Waals surface area (Å²) in [5.41, 5.74) is 0.710. The van der Waals surface area contributed by atoms with Gasteiger partial charge in [-0.25, -0.2) is 4.98 Å². The van der Waals surface area contributed by atoms with Crippen LogP contribution in [0.2, 0.25) is 5.02 Å². The van der Waals surface area contributed by atoms with E-state index in [0.717, 1.165) is 51.5 Å². The molecule has 1 aromatic heterocycles. The van der Waals surface area contributed by atoms with Crippen LogP contribution in [-0.4, -0.2) is 66.0 Å². The van der Waals surface area contributed by atoms with Crippen molar-refractivity contribution < 1.29 is 4.79 Å². The molecule has 5 rings (SSSR count).